The summed E-state index contributed by atoms with van der Waals surface area (Å²) in [6.45, 7) is 14.3. The number of unbranched alkanes of at least 4 members (excludes halogenated alkanes) is 44. The Morgan fingerprint density at radius 2 is 0.475 bits per heavy atom. The van der Waals surface area contributed by atoms with Crippen molar-refractivity contribution in [2.75, 3.05) is 39.6 Å². The summed E-state index contributed by atoms with van der Waals surface area (Å²) in [6, 6.07) is 0. The molecule has 6 atom stereocenters. The largest absolute Gasteiger partial charge is 0.472 e. The number of phosphoric ester groups is 2. The van der Waals surface area contributed by atoms with Crippen molar-refractivity contribution in [2.24, 2.45) is 23.7 Å². The molecule has 0 rings (SSSR count). The third-order valence-electron chi connectivity index (χ3n) is 19.4. The van der Waals surface area contributed by atoms with Crippen molar-refractivity contribution in [2.45, 2.75) is 440 Å². The van der Waals surface area contributed by atoms with Crippen LogP contribution < -0.4 is 0 Å². The maximum Gasteiger partial charge on any atom is 0.472 e. The van der Waals surface area contributed by atoms with E-state index in [0.29, 0.717) is 25.7 Å². The number of hydrogen-bond acceptors (Lipinski definition) is 15. The molecule has 0 aliphatic carbocycles. The van der Waals surface area contributed by atoms with E-state index in [1.807, 2.05) is 0 Å². The molecule has 3 N–H and O–H groups in total. The van der Waals surface area contributed by atoms with Gasteiger partial charge in [-0.05, 0) is 49.4 Å². The first-order valence-corrected chi connectivity index (χ1v) is 45.2. The second-order valence-corrected chi connectivity index (χ2v) is 34.1. The van der Waals surface area contributed by atoms with E-state index in [9.17, 15) is 43.2 Å². The minimum absolute atomic E-state index is 0.105. The molecule has 600 valence electrons. The van der Waals surface area contributed by atoms with Gasteiger partial charge in [-0.15, -0.1) is 0 Å². The number of aliphatic hydroxyl groups excluding tert-OH is 1. The highest BCUT2D eigenvalue weighted by Gasteiger charge is 2.30. The summed E-state index contributed by atoms with van der Waals surface area (Å²) in [4.78, 5) is 73.1. The van der Waals surface area contributed by atoms with E-state index in [0.717, 1.165) is 114 Å². The molecule has 19 heteroatoms. The SMILES string of the molecule is CCC(C)CCCCCCCCCCC(=O)OC[C@H](COP(=O)(O)OC[C@H](O)COP(=O)(O)OC[C@@H](COC(=O)CCCCCCCCCCCCCCCCCC(C)C)OC(=O)CCCCCCCCCCCCCCCCCC(C)C)OC(=O)CCCCCCCCCCCCC(C)C. The van der Waals surface area contributed by atoms with Crippen LogP contribution in [0.1, 0.15) is 421 Å². The molecule has 0 spiro atoms. The Labute approximate surface area is 619 Å². The summed E-state index contributed by atoms with van der Waals surface area (Å²) in [5.74, 6) is 1.03. The van der Waals surface area contributed by atoms with Crippen LogP contribution in [0.3, 0.4) is 0 Å². The molecule has 0 amide bonds. The van der Waals surface area contributed by atoms with Gasteiger partial charge in [0, 0.05) is 25.7 Å². The molecule has 0 aromatic rings. The third kappa shape index (κ3) is 74.7. The summed E-state index contributed by atoms with van der Waals surface area (Å²) >= 11 is 0. The van der Waals surface area contributed by atoms with Gasteiger partial charge in [0.15, 0.2) is 12.2 Å². The van der Waals surface area contributed by atoms with Gasteiger partial charge in [-0.3, -0.25) is 37.3 Å². The molecule has 0 heterocycles. The summed E-state index contributed by atoms with van der Waals surface area (Å²) in [5, 5.41) is 10.7. The first kappa shape index (κ1) is 99.1. The number of hydrogen-bond donors (Lipinski definition) is 3. The number of carbonyl (C=O) groups excluding carboxylic acids is 4. The van der Waals surface area contributed by atoms with Crippen LogP contribution in [0.4, 0.5) is 0 Å². The molecule has 0 radical (unpaired) electrons. The molecule has 0 aliphatic heterocycles. The Balaban J connectivity index is 5.26. The first-order chi connectivity index (χ1) is 48.6. The van der Waals surface area contributed by atoms with Gasteiger partial charge in [0.2, 0.25) is 0 Å². The Kier molecular flexibility index (Phi) is 69.6. The zero-order chi connectivity index (χ0) is 74.6. The number of phosphoric acid groups is 2. The first-order valence-electron chi connectivity index (χ1n) is 42.2. The zero-order valence-corrected chi connectivity index (χ0v) is 68.3. The van der Waals surface area contributed by atoms with E-state index >= 15 is 0 Å². The van der Waals surface area contributed by atoms with Gasteiger partial charge < -0.3 is 33.8 Å². The fraction of sp³-hybridized carbons (Fsp3) is 0.951. The minimum atomic E-state index is -4.96. The molecular weight excluding hydrogens is 1320 g/mol. The van der Waals surface area contributed by atoms with Crippen LogP contribution in [-0.4, -0.2) is 96.7 Å². The molecule has 0 aromatic carbocycles. The van der Waals surface area contributed by atoms with Crippen LogP contribution >= 0.6 is 15.6 Å². The highest BCUT2D eigenvalue weighted by Crippen LogP contribution is 2.45. The van der Waals surface area contributed by atoms with Crippen molar-refractivity contribution in [1.29, 1.82) is 0 Å². The van der Waals surface area contributed by atoms with Crippen molar-refractivity contribution in [3.8, 4) is 0 Å². The third-order valence-corrected chi connectivity index (χ3v) is 21.3. The molecule has 0 aliphatic rings. The summed E-state index contributed by atoms with van der Waals surface area (Å²) in [6.07, 6.45) is 58.2. The van der Waals surface area contributed by atoms with Gasteiger partial charge in [-0.1, -0.05) is 370 Å². The van der Waals surface area contributed by atoms with Crippen molar-refractivity contribution >= 4 is 39.5 Å². The molecule has 0 saturated carbocycles. The summed E-state index contributed by atoms with van der Waals surface area (Å²) < 4.78 is 68.8. The highest BCUT2D eigenvalue weighted by atomic mass is 31.2. The van der Waals surface area contributed by atoms with Crippen LogP contribution in [-0.2, 0) is 65.4 Å². The molecule has 0 bridgehead atoms. The predicted molar refractivity (Wildman–Crippen MR) is 414 cm³/mol. The quantitative estimate of drug-likeness (QED) is 0.0222. The normalized spacial score (nSPS) is 14.3. The molecule has 0 saturated heterocycles. The summed E-state index contributed by atoms with van der Waals surface area (Å²) in [7, 11) is -9.92. The van der Waals surface area contributed by atoms with Gasteiger partial charge in [0.1, 0.15) is 19.3 Å². The Bertz CT molecular complexity index is 1970. The number of rotatable bonds is 79. The van der Waals surface area contributed by atoms with Crippen molar-refractivity contribution < 1.29 is 80.2 Å². The molecule has 17 nitrogen and oxygen atoms in total. The number of esters is 4. The maximum absolute atomic E-state index is 13.1. The van der Waals surface area contributed by atoms with Gasteiger partial charge in [0.25, 0.3) is 0 Å². The molecule has 0 aromatic heterocycles. The van der Waals surface area contributed by atoms with Gasteiger partial charge in [0.05, 0.1) is 26.4 Å². The second kappa shape index (κ2) is 71.0. The summed E-state index contributed by atoms with van der Waals surface area (Å²) in [5.41, 5.74) is 0. The van der Waals surface area contributed by atoms with Gasteiger partial charge in [-0.25, -0.2) is 9.13 Å². The molecule has 101 heavy (non-hydrogen) atoms. The number of ether oxygens (including phenoxy) is 4. The molecular formula is C82H160O17P2. The Morgan fingerprint density at radius 1 is 0.277 bits per heavy atom. The van der Waals surface area contributed by atoms with E-state index in [4.69, 9.17) is 37.0 Å². The number of carbonyl (C=O) groups is 4. The van der Waals surface area contributed by atoms with E-state index in [1.54, 1.807) is 0 Å². The monoisotopic (exact) mass is 1480 g/mol. The van der Waals surface area contributed by atoms with Crippen LogP contribution in [0, 0.1) is 23.7 Å². The Morgan fingerprint density at radius 3 is 0.703 bits per heavy atom. The van der Waals surface area contributed by atoms with Crippen molar-refractivity contribution in [1.82, 2.24) is 0 Å². The second-order valence-electron chi connectivity index (χ2n) is 31.2. The number of aliphatic hydroxyl groups is 1. The average molecular weight is 1480 g/mol. The van der Waals surface area contributed by atoms with E-state index < -0.39 is 97.5 Å². The van der Waals surface area contributed by atoms with E-state index in [-0.39, 0.29) is 25.7 Å². The lowest BCUT2D eigenvalue weighted by Crippen LogP contribution is -2.30. The van der Waals surface area contributed by atoms with E-state index in [1.165, 1.54) is 225 Å². The highest BCUT2D eigenvalue weighted by molar-refractivity contribution is 7.47. The minimum Gasteiger partial charge on any atom is -0.462 e. The maximum atomic E-state index is 13.1. The lowest BCUT2D eigenvalue weighted by atomic mass is 9.99. The van der Waals surface area contributed by atoms with Crippen LogP contribution in [0.5, 0.6) is 0 Å². The van der Waals surface area contributed by atoms with E-state index in [2.05, 4.69) is 55.4 Å². The lowest BCUT2D eigenvalue weighted by Gasteiger charge is -2.21. The Hall–Kier alpha value is -1.94. The lowest BCUT2D eigenvalue weighted by molar-refractivity contribution is -0.161. The molecule has 3 unspecified atom stereocenters. The van der Waals surface area contributed by atoms with Crippen LogP contribution in [0.2, 0.25) is 0 Å². The van der Waals surface area contributed by atoms with Crippen molar-refractivity contribution in [3.05, 3.63) is 0 Å². The predicted octanol–water partition coefficient (Wildman–Crippen LogP) is 24.4. The molecule has 0 fully saturated rings. The standard InChI is InChI=1S/C82H160O17P2/c1-9-75(8)61-53-45-37-32-33-39-47-55-63-80(85)93-69-78(99-82(87)65-57-49-41-31-25-24-28-36-44-52-60-74(6)7)71-97-101(90,91)95-67-76(83)66-94-100(88,89)96-70-77(98-81(86)64-56-48-40-30-23-19-15-11-13-17-21-27-35-43-51-59-73(4)5)68-92-79(84)62-54-46-38-29-22-18-14-10-12-16-20-26-34-42-50-58-72(2)3/h72-78,83H,9-71H2,1-8H3,(H,88,89)(H,90,91)/t75?,76-,77-,78-/m1/s1. The van der Waals surface area contributed by atoms with Crippen LogP contribution in [0.15, 0.2) is 0 Å². The fourth-order valence-corrected chi connectivity index (χ4v) is 14.2. The fourth-order valence-electron chi connectivity index (χ4n) is 12.6. The van der Waals surface area contributed by atoms with Crippen molar-refractivity contribution in [3.63, 3.8) is 0 Å². The average Bonchev–Trinajstić information content (AvgIpc) is 0.927. The topological polar surface area (TPSA) is 237 Å². The smallest absolute Gasteiger partial charge is 0.462 e. The van der Waals surface area contributed by atoms with Gasteiger partial charge in [-0.2, -0.15) is 0 Å². The van der Waals surface area contributed by atoms with Gasteiger partial charge >= 0.3 is 39.5 Å². The zero-order valence-electron chi connectivity index (χ0n) is 66.5. The van der Waals surface area contributed by atoms with Crippen LogP contribution in [0.25, 0.3) is 0 Å².